The molecule has 148 valence electrons. The lowest BCUT2D eigenvalue weighted by molar-refractivity contribution is 0.514. The molecule has 4 aromatic rings. The molecule has 1 heterocycles. The monoisotopic (exact) mass is 386 g/mol. The highest BCUT2D eigenvalue weighted by atomic mass is 19.1. The van der Waals surface area contributed by atoms with Crippen LogP contribution in [0, 0.1) is 5.82 Å². The van der Waals surface area contributed by atoms with Crippen molar-refractivity contribution in [3.63, 3.8) is 0 Å². The van der Waals surface area contributed by atoms with Crippen molar-refractivity contribution >= 4 is 10.9 Å². The van der Waals surface area contributed by atoms with Crippen LogP contribution in [0.15, 0.2) is 85.1 Å². The summed E-state index contributed by atoms with van der Waals surface area (Å²) in [5.74, 6) is -0.194. The summed E-state index contributed by atoms with van der Waals surface area (Å²) in [5, 5.41) is 4.96. The van der Waals surface area contributed by atoms with Crippen LogP contribution in [0.1, 0.15) is 30.0 Å². The molecule has 3 heteroatoms. The molecule has 3 aromatic carbocycles. The van der Waals surface area contributed by atoms with Crippen molar-refractivity contribution in [3.8, 4) is 0 Å². The standard InChI is InChI=1S/C26H27FN2/c1-20(11-12-21-7-3-2-4-8-21)28-17-23-19-29(26-10-6-5-9-25(23)26)18-22-13-15-24(27)16-14-22/h2-10,13-16,19-20,28H,11-12,17-18H2,1H3/t20-/m1/s1. The molecule has 0 bridgehead atoms. The van der Waals surface area contributed by atoms with Crippen LogP contribution in [-0.4, -0.2) is 10.6 Å². The number of benzene rings is 3. The van der Waals surface area contributed by atoms with Gasteiger partial charge >= 0.3 is 0 Å². The van der Waals surface area contributed by atoms with Gasteiger partial charge in [0.05, 0.1) is 0 Å². The van der Waals surface area contributed by atoms with Crippen LogP contribution in [0.3, 0.4) is 0 Å². The fourth-order valence-electron chi connectivity index (χ4n) is 3.80. The van der Waals surface area contributed by atoms with Crippen LogP contribution in [0.2, 0.25) is 0 Å². The van der Waals surface area contributed by atoms with E-state index in [9.17, 15) is 4.39 Å². The highest BCUT2D eigenvalue weighted by molar-refractivity contribution is 5.84. The Morgan fingerprint density at radius 2 is 1.59 bits per heavy atom. The molecule has 0 unspecified atom stereocenters. The number of hydrogen-bond acceptors (Lipinski definition) is 1. The number of aromatic nitrogens is 1. The molecule has 0 radical (unpaired) electrons. The van der Waals surface area contributed by atoms with Crippen molar-refractivity contribution in [1.82, 2.24) is 9.88 Å². The van der Waals surface area contributed by atoms with E-state index in [0.29, 0.717) is 6.04 Å². The molecule has 0 spiro atoms. The van der Waals surface area contributed by atoms with E-state index in [2.05, 4.69) is 77.6 Å². The Morgan fingerprint density at radius 1 is 0.862 bits per heavy atom. The normalized spacial score (nSPS) is 12.3. The van der Waals surface area contributed by atoms with Crippen LogP contribution in [0.5, 0.6) is 0 Å². The second-order valence-electron chi connectivity index (χ2n) is 7.73. The maximum absolute atomic E-state index is 13.2. The van der Waals surface area contributed by atoms with Gasteiger partial charge in [-0.1, -0.05) is 60.7 Å². The van der Waals surface area contributed by atoms with E-state index in [0.717, 1.165) is 31.5 Å². The maximum Gasteiger partial charge on any atom is 0.123 e. The van der Waals surface area contributed by atoms with Crippen LogP contribution < -0.4 is 5.32 Å². The molecule has 0 aliphatic rings. The van der Waals surface area contributed by atoms with Gasteiger partial charge in [0.25, 0.3) is 0 Å². The molecule has 0 saturated carbocycles. The predicted octanol–water partition coefficient (Wildman–Crippen LogP) is 5.94. The lowest BCUT2D eigenvalue weighted by atomic mass is 10.1. The van der Waals surface area contributed by atoms with Gasteiger partial charge < -0.3 is 9.88 Å². The second-order valence-corrected chi connectivity index (χ2v) is 7.73. The number of aryl methyl sites for hydroxylation is 1. The molecule has 29 heavy (non-hydrogen) atoms. The van der Waals surface area contributed by atoms with Crippen molar-refractivity contribution in [3.05, 3.63) is 108 Å². The van der Waals surface area contributed by atoms with Crippen LogP contribution in [-0.2, 0) is 19.5 Å². The van der Waals surface area contributed by atoms with Crippen molar-refractivity contribution in [1.29, 1.82) is 0 Å². The first-order valence-electron chi connectivity index (χ1n) is 10.3. The van der Waals surface area contributed by atoms with Crippen LogP contribution in [0.4, 0.5) is 4.39 Å². The van der Waals surface area contributed by atoms with Gasteiger partial charge in [-0.25, -0.2) is 4.39 Å². The third-order valence-electron chi connectivity index (χ3n) is 5.49. The minimum absolute atomic E-state index is 0.194. The van der Waals surface area contributed by atoms with E-state index >= 15 is 0 Å². The molecular formula is C26H27FN2. The van der Waals surface area contributed by atoms with E-state index in [1.165, 1.54) is 34.2 Å². The van der Waals surface area contributed by atoms with E-state index < -0.39 is 0 Å². The quantitative estimate of drug-likeness (QED) is 0.396. The average Bonchev–Trinajstić information content (AvgIpc) is 3.11. The van der Waals surface area contributed by atoms with Gasteiger partial charge in [0.1, 0.15) is 5.82 Å². The van der Waals surface area contributed by atoms with E-state index in [1.54, 1.807) is 0 Å². The number of nitrogens with one attached hydrogen (secondary N) is 1. The smallest absolute Gasteiger partial charge is 0.123 e. The topological polar surface area (TPSA) is 17.0 Å². The zero-order valence-electron chi connectivity index (χ0n) is 16.8. The Kier molecular flexibility index (Phi) is 6.06. The Balaban J connectivity index is 1.44. The molecule has 1 aromatic heterocycles. The summed E-state index contributed by atoms with van der Waals surface area (Å²) >= 11 is 0. The molecular weight excluding hydrogens is 359 g/mol. The largest absolute Gasteiger partial charge is 0.343 e. The first kappa shape index (κ1) is 19.4. The number of fused-ring (bicyclic) bond motifs is 1. The third-order valence-corrected chi connectivity index (χ3v) is 5.49. The predicted molar refractivity (Wildman–Crippen MR) is 119 cm³/mol. The molecule has 1 N–H and O–H groups in total. The summed E-state index contributed by atoms with van der Waals surface area (Å²) in [6, 6.07) is 26.3. The highest BCUT2D eigenvalue weighted by Crippen LogP contribution is 2.23. The van der Waals surface area contributed by atoms with Gasteiger partial charge in [-0.3, -0.25) is 0 Å². The van der Waals surface area contributed by atoms with Gasteiger partial charge in [-0.2, -0.15) is 0 Å². The molecule has 1 atom stereocenters. The summed E-state index contributed by atoms with van der Waals surface area (Å²) in [5.41, 5.74) is 5.00. The summed E-state index contributed by atoms with van der Waals surface area (Å²) in [4.78, 5) is 0. The van der Waals surface area contributed by atoms with Crippen molar-refractivity contribution < 1.29 is 4.39 Å². The van der Waals surface area contributed by atoms with Gasteiger partial charge in [0.2, 0.25) is 0 Å². The fourth-order valence-corrected chi connectivity index (χ4v) is 3.80. The van der Waals surface area contributed by atoms with Crippen LogP contribution in [0.25, 0.3) is 10.9 Å². The van der Waals surface area contributed by atoms with E-state index in [4.69, 9.17) is 0 Å². The minimum Gasteiger partial charge on any atom is -0.343 e. The van der Waals surface area contributed by atoms with Crippen molar-refractivity contribution in [2.45, 2.75) is 38.9 Å². The Hall–Kier alpha value is -2.91. The number of para-hydroxylation sites is 1. The highest BCUT2D eigenvalue weighted by Gasteiger charge is 2.10. The summed E-state index contributed by atoms with van der Waals surface area (Å²) < 4.78 is 15.5. The average molecular weight is 387 g/mol. The molecule has 0 aliphatic carbocycles. The Bertz CT molecular complexity index is 1050. The van der Waals surface area contributed by atoms with E-state index in [-0.39, 0.29) is 5.82 Å². The number of halogens is 1. The van der Waals surface area contributed by atoms with Gasteiger partial charge in [0, 0.05) is 36.2 Å². The third kappa shape index (κ3) is 4.93. The molecule has 0 aliphatic heterocycles. The molecule has 0 amide bonds. The molecule has 2 nitrogen and oxygen atoms in total. The summed E-state index contributed by atoms with van der Waals surface area (Å²) in [6.45, 7) is 3.83. The van der Waals surface area contributed by atoms with Gasteiger partial charge in [-0.15, -0.1) is 0 Å². The first-order valence-corrected chi connectivity index (χ1v) is 10.3. The fraction of sp³-hybridized carbons (Fsp3) is 0.231. The number of hydrogen-bond donors (Lipinski definition) is 1. The SMILES string of the molecule is C[C@H](CCc1ccccc1)NCc1cn(Cc2ccc(F)cc2)c2ccccc12. The van der Waals surface area contributed by atoms with Gasteiger partial charge in [0.15, 0.2) is 0 Å². The van der Waals surface area contributed by atoms with Crippen molar-refractivity contribution in [2.24, 2.45) is 0 Å². The zero-order chi connectivity index (χ0) is 20.1. The first-order chi connectivity index (χ1) is 14.2. The Morgan fingerprint density at radius 3 is 2.38 bits per heavy atom. The minimum atomic E-state index is -0.194. The zero-order valence-corrected chi connectivity index (χ0v) is 16.8. The molecule has 0 saturated heterocycles. The summed E-state index contributed by atoms with van der Waals surface area (Å²) in [7, 11) is 0. The van der Waals surface area contributed by atoms with Crippen LogP contribution >= 0.6 is 0 Å². The molecule has 4 rings (SSSR count). The van der Waals surface area contributed by atoms with Crippen molar-refractivity contribution in [2.75, 3.05) is 0 Å². The lowest BCUT2D eigenvalue weighted by Crippen LogP contribution is -2.25. The van der Waals surface area contributed by atoms with E-state index in [1.807, 2.05) is 12.1 Å². The van der Waals surface area contributed by atoms with Gasteiger partial charge in [-0.05, 0) is 54.7 Å². The lowest BCUT2D eigenvalue weighted by Gasteiger charge is -2.13. The number of rotatable bonds is 8. The molecule has 0 fully saturated rings. The Labute approximate surface area is 172 Å². The number of nitrogens with zero attached hydrogens (tertiary/aromatic N) is 1. The second kappa shape index (κ2) is 9.06. The maximum atomic E-state index is 13.2. The summed E-state index contributed by atoms with van der Waals surface area (Å²) in [6.07, 6.45) is 4.42.